The summed E-state index contributed by atoms with van der Waals surface area (Å²) in [7, 11) is 0. The number of hydrogen-bond acceptors (Lipinski definition) is 3. The number of nitrogens with one attached hydrogen (secondary N) is 1. The Morgan fingerprint density at radius 3 is 2.76 bits per heavy atom. The van der Waals surface area contributed by atoms with Crippen molar-refractivity contribution in [2.24, 2.45) is 0 Å². The first-order chi connectivity index (χ1) is 9.80. The molecule has 0 radical (unpaired) electrons. The Labute approximate surface area is 135 Å². The van der Waals surface area contributed by atoms with Gasteiger partial charge in [0.15, 0.2) is 0 Å². The molecule has 0 aromatic carbocycles. The van der Waals surface area contributed by atoms with Crippen LogP contribution in [0.2, 0.25) is 0 Å². The van der Waals surface area contributed by atoms with Gasteiger partial charge in [-0.05, 0) is 61.2 Å². The number of nitrogens with zero attached hydrogens (tertiary/aromatic N) is 1. The van der Waals surface area contributed by atoms with Crippen LogP contribution in [0, 0.1) is 0 Å². The average Bonchev–Trinajstić information content (AvgIpc) is 2.35. The highest BCUT2D eigenvalue weighted by Gasteiger charge is 2.18. The van der Waals surface area contributed by atoms with Crippen LogP contribution in [0.15, 0.2) is 29.0 Å². The molecule has 1 rings (SSSR count). The van der Waals surface area contributed by atoms with Gasteiger partial charge < -0.3 is 10.1 Å². The number of pyridine rings is 1. The van der Waals surface area contributed by atoms with Crippen LogP contribution in [0.1, 0.15) is 46.1 Å². The zero-order valence-electron chi connectivity index (χ0n) is 13.0. The predicted molar refractivity (Wildman–Crippen MR) is 89.0 cm³/mol. The normalized spacial score (nSPS) is 13.2. The fourth-order valence-electron chi connectivity index (χ4n) is 1.69. The van der Waals surface area contributed by atoms with Gasteiger partial charge in [-0.3, -0.25) is 4.98 Å². The quantitative estimate of drug-likeness (QED) is 0.843. The number of hydrogen-bond donors (Lipinski definition) is 1. The van der Waals surface area contributed by atoms with Gasteiger partial charge in [0.05, 0.1) is 0 Å². The van der Waals surface area contributed by atoms with Crippen molar-refractivity contribution in [1.82, 2.24) is 10.3 Å². The van der Waals surface area contributed by atoms with Gasteiger partial charge in [0, 0.05) is 22.9 Å². The number of amides is 1. The molecule has 5 heteroatoms. The number of carbonyl (C=O) groups excluding carboxylic acids is 1. The van der Waals surface area contributed by atoms with Crippen molar-refractivity contribution >= 4 is 28.1 Å². The Bertz CT molecular complexity index is 495. The van der Waals surface area contributed by atoms with Gasteiger partial charge in [-0.1, -0.05) is 19.1 Å². The molecule has 0 fully saturated rings. The number of aromatic nitrogens is 1. The van der Waals surface area contributed by atoms with Crippen LogP contribution in [-0.4, -0.2) is 22.7 Å². The lowest BCUT2D eigenvalue weighted by atomic mass is 10.1. The highest BCUT2D eigenvalue weighted by atomic mass is 79.9. The fourth-order valence-corrected chi connectivity index (χ4v) is 2.07. The lowest BCUT2D eigenvalue weighted by molar-refractivity contribution is 0.0503. The van der Waals surface area contributed by atoms with Gasteiger partial charge in [0.2, 0.25) is 0 Å². The lowest BCUT2D eigenvalue weighted by Gasteiger charge is -2.22. The summed E-state index contributed by atoms with van der Waals surface area (Å²) in [6.45, 7) is 7.60. The molecule has 1 aromatic rings. The maximum absolute atomic E-state index is 11.7. The predicted octanol–water partition coefficient (Wildman–Crippen LogP) is 4.55. The molecule has 1 aromatic heterocycles. The highest BCUT2D eigenvalue weighted by Crippen LogP contribution is 2.12. The van der Waals surface area contributed by atoms with E-state index in [-0.39, 0.29) is 12.1 Å². The standard InChI is InChI=1S/C16H23BrN2O2/c1-5-14(19-15(20)21-16(2,3)4)8-6-7-12-9-13(17)11-18-10-12/h6-7,9-11,14H,5,8H2,1-4H3,(H,19,20). The molecule has 0 aliphatic heterocycles. The van der Waals surface area contributed by atoms with Gasteiger partial charge >= 0.3 is 6.09 Å². The first-order valence-electron chi connectivity index (χ1n) is 7.06. The summed E-state index contributed by atoms with van der Waals surface area (Å²) in [6, 6.07) is 2.06. The molecule has 1 heterocycles. The van der Waals surface area contributed by atoms with Crippen LogP contribution in [0.3, 0.4) is 0 Å². The second-order valence-electron chi connectivity index (χ2n) is 5.83. The van der Waals surface area contributed by atoms with E-state index >= 15 is 0 Å². The van der Waals surface area contributed by atoms with E-state index in [2.05, 4.69) is 26.2 Å². The third-order valence-corrected chi connectivity index (χ3v) is 3.10. The van der Waals surface area contributed by atoms with Crippen LogP contribution < -0.4 is 5.32 Å². The monoisotopic (exact) mass is 354 g/mol. The van der Waals surface area contributed by atoms with Crippen molar-refractivity contribution in [3.8, 4) is 0 Å². The average molecular weight is 355 g/mol. The van der Waals surface area contributed by atoms with Crippen LogP contribution in [0.25, 0.3) is 6.08 Å². The second-order valence-corrected chi connectivity index (χ2v) is 6.74. The number of ether oxygens (including phenoxy) is 1. The maximum atomic E-state index is 11.7. The SMILES string of the molecule is CCC(CC=Cc1cncc(Br)c1)NC(=O)OC(C)(C)C. The molecule has 0 bridgehead atoms. The highest BCUT2D eigenvalue weighted by molar-refractivity contribution is 9.10. The van der Waals surface area contributed by atoms with Gasteiger partial charge in [-0.15, -0.1) is 0 Å². The van der Waals surface area contributed by atoms with Gasteiger partial charge in [0.25, 0.3) is 0 Å². The molecule has 1 atom stereocenters. The summed E-state index contributed by atoms with van der Waals surface area (Å²) >= 11 is 3.39. The molecular formula is C16H23BrN2O2. The van der Waals surface area contributed by atoms with E-state index in [4.69, 9.17) is 4.74 Å². The zero-order valence-corrected chi connectivity index (χ0v) is 14.6. The minimum Gasteiger partial charge on any atom is -0.444 e. The van der Waals surface area contributed by atoms with E-state index < -0.39 is 5.60 Å². The van der Waals surface area contributed by atoms with Crippen molar-refractivity contribution in [1.29, 1.82) is 0 Å². The Morgan fingerprint density at radius 2 is 2.19 bits per heavy atom. The fraction of sp³-hybridized carbons (Fsp3) is 0.500. The van der Waals surface area contributed by atoms with Crippen molar-refractivity contribution in [2.45, 2.75) is 52.2 Å². The summed E-state index contributed by atoms with van der Waals surface area (Å²) in [5.41, 5.74) is 0.553. The van der Waals surface area contributed by atoms with Gasteiger partial charge in [0.1, 0.15) is 5.60 Å². The molecule has 0 spiro atoms. The Hall–Kier alpha value is -1.36. The maximum Gasteiger partial charge on any atom is 0.407 e. The smallest absolute Gasteiger partial charge is 0.407 e. The minimum atomic E-state index is -0.472. The first kappa shape index (κ1) is 17.7. The molecule has 0 aliphatic carbocycles. The molecule has 0 saturated carbocycles. The van der Waals surface area contributed by atoms with Gasteiger partial charge in [-0.25, -0.2) is 4.79 Å². The van der Waals surface area contributed by atoms with E-state index in [1.54, 1.807) is 12.4 Å². The van der Waals surface area contributed by atoms with Crippen molar-refractivity contribution in [3.05, 3.63) is 34.6 Å². The molecule has 0 aliphatic rings. The molecule has 1 amide bonds. The second kappa shape index (κ2) is 8.17. The Balaban J connectivity index is 2.49. The summed E-state index contributed by atoms with van der Waals surface area (Å²) in [4.78, 5) is 15.8. The summed E-state index contributed by atoms with van der Waals surface area (Å²) in [6.07, 6.45) is 8.81. The number of alkyl carbamates (subject to hydrolysis) is 1. The van der Waals surface area contributed by atoms with Gasteiger partial charge in [-0.2, -0.15) is 0 Å². The van der Waals surface area contributed by atoms with E-state index in [1.165, 1.54) is 0 Å². The largest absolute Gasteiger partial charge is 0.444 e. The summed E-state index contributed by atoms with van der Waals surface area (Å²) < 4.78 is 6.21. The first-order valence-corrected chi connectivity index (χ1v) is 7.86. The molecular weight excluding hydrogens is 332 g/mol. The zero-order chi connectivity index (χ0) is 15.9. The third-order valence-electron chi connectivity index (χ3n) is 2.67. The topological polar surface area (TPSA) is 51.2 Å². The minimum absolute atomic E-state index is 0.0659. The Kier molecular flexibility index (Phi) is 6.89. The third kappa shape index (κ3) is 7.85. The molecule has 1 unspecified atom stereocenters. The lowest BCUT2D eigenvalue weighted by Crippen LogP contribution is -2.38. The number of rotatable bonds is 5. The van der Waals surface area contributed by atoms with E-state index in [0.717, 1.165) is 22.9 Å². The van der Waals surface area contributed by atoms with E-state index in [9.17, 15) is 4.79 Å². The van der Waals surface area contributed by atoms with Crippen LogP contribution >= 0.6 is 15.9 Å². The molecule has 0 saturated heterocycles. The molecule has 21 heavy (non-hydrogen) atoms. The number of halogens is 1. The molecule has 4 nitrogen and oxygen atoms in total. The molecule has 116 valence electrons. The van der Waals surface area contributed by atoms with Crippen LogP contribution in [-0.2, 0) is 4.74 Å². The van der Waals surface area contributed by atoms with Crippen molar-refractivity contribution in [2.75, 3.05) is 0 Å². The molecule has 1 N–H and O–H groups in total. The van der Waals surface area contributed by atoms with Crippen LogP contribution in [0.4, 0.5) is 4.79 Å². The van der Waals surface area contributed by atoms with E-state index in [0.29, 0.717) is 0 Å². The van der Waals surface area contributed by atoms with Crippen LogP contribution in [0.5, 0.6) is 0 Å². The Morgan fingerprint density at radius 1 is 1.48 bits per heavy atom. The van der Waals surface area contributed by atoms with Crippen molar-refractivity contribution < 1.29 is 9.53 Å². The summed E-state index contributed by atoms with van der Waals surface area (Å²) in [5.74, 6) is 0. The van der Waals surface area contributed by atoms with E-state index in [1.807, 2.05) is 45.9 Å². The summed E-state index contributed by atoms with van der Waals surface area (Å²) in [5, 5.41) is 2.88. The van der Waals surface area contributed by atoms with Crippen molar-refractivity contribution in [3.63, 3.8) is 0 Å². The number of carbonyl (C=O) groups is 1.